The molecule has 0 bridgehead atoms. The number of aromatic nitrogens is 1. The highest BCUT2D eigenvalue weighted by Crippen LogP contribution is 2.34. The summed E-state index contributed by atoms with van der Waals surface area (Å²) in [5.41, 5.74) is 0.816. The van der Waals surface area contributed by atoms with E-state index in [1.54, 1.807) is 12.4 Å². The minimum atomic E-state index is -0.0555. The van der Waals surface area contributed by atoms with Crippen LogP contribution in [0.1, 0.15) is 18.0 Å². The predicted molar refractivity (Wildman–Crippen MR) is 86.2 cm³/mol. The summed E-state index contributed by atoms with van der Waals surface area (Å²) in [4.78, 5) is 6.20. The van der Waals surface area contributed by atoms with E-state index in [1.807, 2.05) is 0 Å². The van der Waals surface area contributed by atoms with Crippen LogP contribution in [0, 0.1) is 11.3 Å². The van der Waals surface area contributed by atoms with Crippen molar-refractivity contribution in [2.45, 2.75) is 12.5 Å². The van der Waals surface area contributed by atoms with Crippen LogP contribution >= 0.6 is 48.0 Å². The van der Waals surface area contributed by atoms with E-state index in [1.165, 1.54) is 0 Å². The smallest absolute Gasteiger partial charge is 0.0652 e. The molecule has 1 saturated heterocycles. The van der Waals surface area contributed by atoms with Crippen molar-refractivity contribution in [1.82, 2.24) is 15.2 Å². The fourth-order valence-corrected chi connectivity index (χ4v) is 2.85. The summed E-state index contributed by atoms with van der Waals surface area (Å²) < 4.78 is 0. The molecular formula is C12H16Cl4N4. The van der Waals surface area contributed by atoms with Crippen molar-refractivity contribution in [2.24, 2.45) is 0 Å². The van der Waals surface area contributed by atoms with Gasteiger partial charge in [-0.1, -0.05) is 23.2 Å². The summed E-state index contributed by atoms with van der Waals surface area (Å²) >= 11 is 12.4. The zero-order valence-corrected chi connectivity index (χ0v) is 13.8. The number of rotatable bonds is 3. The number of piperazine rings is 1. The first-order chi connectivity index (χ1) is 8.74. The molecule has 8 heteroatoms. The fourth-order valence-electron chi connectivity index (χ4n) is 2.23. The summed E-state index contributed by atoms with van der Waals surface area (Å²) in [6, 6.07) is 2.16. The van der Waals surface area contributed by atoms with Crippen LogP contribution in [0.25, 0.3) is 0 Å². The minimum Gasteiger partial charge on any atom is -0.314 e. The second-order valence-electron chi connectivity index (χ2n) is 4.18. The van der Waals surface area contributed by atoms with Crippen LogP contribution in [0.15, 0.2) is 12.4 Å². The minimum absolute atomic E-state index is 0. The van der Waals surface area contributed by atoms with Crippen molar-refractivity contribution in [3.63, 3.8) is 0 Å². The lowest BCUT2D eigenvalue weighted by atomic mass is 10.0. The van der Waals surface area contributed by atoms with Gasteiger partial charge in [0.15, 0.2) is 0 Å². The van der Waals surface area contributed by atoms with Crippen molar-refractivity contribution in [3.8, 4) is 6.07 Å². The van der Waals surface area contributed by atoms with E-state index in [0.29, 0.717) is 16.5 Å². The number of hydrogen-bond acceptors (Lipinski definition) is 4. The molecular weight excluding hydrogens is 342 g/mol. The fraction of sp³-hybridized carbons (Fsp3) is 0.500. The van der Waals surface area contributed by atoms with E-state index in [0.717, 1.165) is 31.7 Å². The molecule has 0 radical (unpaired) electrons. The molecule has 2 heterocycles. The molecule has 0 aromatic carbocycles. The van der Waals surface area contributed by atoms with Gasteiger partial charge >= 0.3 is 0 Å². The summed E-state index contributed by atoms with van der Waals surface area (Å²) in [7, 11) is 0. The Bertz CT molecular complexity index is 437. The summed E-state index contributed by atoms with van der Waals surface area (Å²) in [6.07, 6.45) is 3.54. The lowest BCUT2D eigenvalue weighted by Crippen LogP contribution is -2.45. The number of pyridine rings is 1. The van der Waals surface area contributed by atoms with Gasteiger partial charge in [-0.2, -0.15) is 5.26 Å². The van der Waals surface area contributed by atoms with Crippen LogP contribution < -0.4 is 5.32 Å². The van der Waals surface area contributed by atoms with Crippen LogP contribution in [0.2, 0.25) is 10.0 Å². The maximum atomic E-state index is 9.02. The van der Waals surface area contributed by atoms with E-state index >= 15 is 0 Å². The van der Waals surface area contributed by atoms with Gasteiger partial charge in [0, 0.05) is 44.1 Å². The molecule has 1 atom stereocenters. The number of nitrogens with one attached hydrogen (secondary N) is 1. The molecule has 1 aromatic heterocycles. The lowest BCUT2D eigenvalue weighted by molar-refractivity contribution is 0.175. The van der Waals surface area contributed by atoms with E-state index < -0.39 is 0 Å². The van der Waals surface area contributed by atoms with Crippen LogP contribution in [0.4, 0.5) is 0 Å². The summed E-state index contributed by atoms with van der Waals surface area (Å²) in [6.45, 7) is 3.62. The summed E-state index contributed by atoms with van der Waals surface area (Å²) in [5, 5.41) is 13.4. The molecule has 0 spiro atoms. The monoisotopic (exact) mass is 356 g/mol. The molecule has 0 amide bonds. The highest BCUT2D eigenvalue weighted by molar-refractivity contribution is 6.35. The Morgan fingerprint density at radius 3 is 2.30 bits per heavy atom. The molecule has 1 aliphatic heterocycles. The molecule has 0 aliphatic carbocycles. The molecule has 1 fully saturated rings. The zero-order valence-electron chi connectivity index (χ0n) is 10.7. The molecule has 4 nitrogen and oxygen atoms in total. The first kappa shape index (κ1) is 19.7. The molecule has 0 unspecified atom stereocenters. The highest BCUT2D eigenvalue weighted by atomic mass is 35.5. The topological polar surface area (TPSA) is 52.0 Å². The Morgan fingerprint density at radius 2 is 1.80 bits per heavy atom. The first-order valence-corrected chi connectivity index (χ1v) is 6.60. The van der Waals surface area contributed by atoms with Gasteiger partial charge in [-0.3, -0.25) is 9.88 Å². The Kier molecular flexibility index (Phi) is 9.48. The number of nitriles is 1. The van der Waals surface area contributed by atoms with E-state index in [9.17, 15) is 0 Å². The van der Waals surface area contributed by atoms with Crippen molar-refractivity contribution in [2.75, 3.05) is 26.2 Å². The number of nitrogens with zero attached hydrogens (tertiary/aromatic N) is 3. The Morgan fingerprint density at radius 1 is 1.25 bits per heavy atom. The molecule has 2 rings (SSSR count). The van der Waals surface area contributed by atoms with Crippen molar-refractivity contribution in [1.29, 1.82) is 5.26 Å². The second-order valence-corrected chi connectivity index (χ2v) is 5.00. The first-order valence-electron chi connectivity index (χ1n) is 5.84. The van der Waals surface area contributed by atoms with Gasteiger partial charge in [0.25, 0.3) is 0 Å². The van der Waals surface area contributed by atoms with Gasteiger partial charge in [0.2, 0.25) is 0 Å². The van der Waals surface area contributed by atoms with Gasteiger partial charge in [-0.05, 0) is 0 Å². The quantitative estimate of drug-likeness (QED) is 0.903. The van der Waals surface area contributed by atoms with E-state index in [-0.39, 0.29) is 30.9 Å². The van der Waals surface area contributed by atoms with Crippen LogP contribution in [0.5, 0.6) is 0 Å². The third kappa shape index (κ3) is 4.63. The van der Waals surface area contributed by atoms with Crippen molar-refractivity contribution in [3.05, 3.63) is 28.0 Å². The van der Waals surface area contributed by atoms with Crippen LogP contribution in [-0.2, 0) is 0 Å². The van der Waals surface area contributed by atoms with Gasteiger partial charge in [0.05, 0.1) is 28.6 Å². The average Bonchev–Trinajstić information content (AvgIpc) is 2.38. The molecule has 1 N–H and O–H groups in total. The molecule has 112 valence electrons. The van der Waals surface area contributed by atoms with Gasteiger partial charge < -0.3 is 5.32 Å². The highest BCUT2D eigenvalue weighted by Gasteiger charge is 2.26. The Hall–Kier alpha value is -0.280. The van der Waals surface area contributed by atoms with E-state index in [4.69, 9.17) is 28.5 Å². The molecule has 0 saturated carbocycles. The molecule has 1 aromatic rings. The molecule has 1 aliphatic rings. The average molecular weight is 358 g/mol. The Labute approximate surface area is 141 Å². The summed E-state index contributed by atoms with van der Waals surface area (Å²) in [5.74, 6) is 0. The van der Waals surface area contributed by atoms with Crippen LogP contribution in [-0.4, -0.2) is 36.1 Å². The predicted octanol–water partition coefficient (Wildman–Crippen LogP) is 3.09. The zero-order chi connectivity index (χ0) is 13.0. The third-order valence-corrected chi connectivity index (χ3v) is 3.70. The number of halogens is 4. The molecule has 20 heavy (non-hydrogen) atoms. The lowest BCUT2D eigenvalue weighted by Gasteiger charge is -2.34. The van der Waals surface area contributed by atoms with Crippen molar-refractivity contribution >= 4 is 48.0 Å². The second kappa shape index (κ2) is 9.62. The van der Waals surface area contributed by atoms with Crippen LogP contribution in [0.3, 0.4) is 0 Å². The Balaban J connectivity index is 0.00000180. The van der Waals surface area contributed by atoms with E-state index in [2.05, 4.69) is 21.3 Å². The van der Waals surface area contributed by atoms with Gasteiger partial charge in [-0.25, -0.2) is 0 Å². The van der Waals surface area contributed by atoms with Crippen molar-refractivity contribution < 1.29 is 0 Å². The normalized spacial score (nSPS) is 16.4. The standard InChI is InChI=1S/C12H14Cl2N4.2ClH/c13-9-7-17-8-10(14)12(9)11(1-2-15)18-5-3-16-4-6-18;;/h7-8,11,16H,1,3-6H2;2*1H/t11-;;/m0../s1. The number of hydrogen-bond donors (Lipinski definition) is 1. The SMILES string of the molecule is Cl.Cl.N#CC[C@@H](c1c(Cl)cncc1Cl)N1CCNCC1. The maximum absolute atomic E-state index is 9.02. The largest absolute Gasteiger partial charge is 0.314 e. The van der Waals surface area contributed by atoms with Gasteiger partial charge in [-0.15, -0.1) is 24.8 Å². The van der Waals surface area contributed by atoms with Gasteiger partial charge in [0.1, 0.15) is 0 Å². The third-order valence-electron chi connectivity index (χ3n) is 3.10. The maximum Gasteiger partial charge on any atom is 0.0652 e.